The van der Waals surface area contributed by atoms with E-state index in [2.05, 4.69) is 5.32 Å². The van der Waals surface area contributed by atoms with E-state index in [1.54, 1.807) is 26.2 Å². The molecule has 1 amide bonds. The first-order valence-electron chi connectivity index (χ1n) is 9.53. The maximum absolute atomic E-state index is 12.8. The van der Waals surface area contributed by atoms with Gasteiger partial charge in [0.1, 0.15) is 11.5 Å². The van der Waals surface area contributed by atoms with Gasteiger partial charge < -0.3 is 14.8 Å². The number of sulfonamides is 1. The molecule has 0 aromatic heterocycles. The molecule has 0 unspecified atom stereocenters. The van der Waals surface area contributed by atoms with Gasteiger partial charge in [-0.25, -0.2) is 8.42 Å². The minimum atomic E-state index is -3.76. The number of hydrogen-bond acceptors (Lipinski definition) is 5. The van der Waals surface area contributed by atoms with Crippen LogP contribution >= 0.6 is 0 Å². The Morgan fingerprint density at radius 2 is 1.62 bits per heavy atom. The number of likely N-dealkylation sites (N-methyl/N-ethyl adjacent to an activating group) is 1. The lowest BCUT2D eigenvalue weighted by molar-refractivity contribution is -0.121. The van der Waals surface area contributed by atoms with Crippen molar-refractivity contribution in [3.8, 4) is 11.5 Å². The maximum atomic E-state index is 12.8. The summed E-state index contributed by atoms with van der Waals surface area (Å²) in [4.78, 5) is 12.4. The van der Waals surface area contributed by atoms with E-state index < -0.39 is 10.0 Å². The summed E-state index contributed by atoms with van der Waals surface area (Å²) in [5.74, 6) is 1.04. The Kier molecular flexibility index (Phi) is 8.48. The second kappa shape index (κ2) is 10.8. The fourth-order valence-electron chi connectivity index (χ4n) is 2.74. The highest BCUT2D eigenvalue weighted by Crippen LogP contribution is 2.19. The third-order valence-electron chi connectivity index (χ3n) is 4.34. The summed E-state index contributed by atoms with van der Waals surface area (Å²) in [5, 5.41) is 2.78. The molecule has 0 atom stereocenters. The van der Waals surface area contributed by atoms with Crippen molar-refractivity contribution in [1.82, 2.24) is 9.62 Å². The molecule has 0 spiro atoms. The van der Waals surface area contributed by atoms with Crippen molar-refractivity contribution in [2.45, 2.75) is 25.2 Å². The van der Waals surface area contributed by atoms with E-state index in [9.17, 15) is 13.2 Å². The first-order chi connectivity index (χ1) is 13.9. The fraction of sp³-hybridized carbons (Fsp3) is 0.381. The zero-order valence-corrected chi connectivity index (χ0v) is 17.9. The summed E-state index contributed by atoms with van der Waals surface area (Å²) in [7, 11) is -2.15. The van der Waals surface area contributed by atoms with E-state index in [0.29, 0.717) is 25.3 Å². The first-order valence-corrected chi connectivity index (χ1v) is 11.0. The number of nitrogens with one attached hydrogen (secondary N) is 1. The third-order valence-corrected chi connectivity index (χ3v) is 6.28. The molecule has 7 nitrogen and oxygen atoms in total. The standard InChI is InChI=1S/C21H28N2O5S/c1-4-23(29(25,26)20-12-10-19(11-13-20)28-5-2)16-21(24)22-15-14-17-6-8-18(27-3)9-7-17/h6-13H,4-5,14-16H2,1-3H3,(H,22,24). The number of carbonyl (C=O) groups is 1. The lowest BCUT2D eigenvalue weighted by Crippen LogP contribution is -2.41. The van der Waals surface area contributed by atoms with Crippen molar-refractivity contribution in [1.29, 1.82) is 0 Å². The molecule has 0 aliphatic carbocycles. The van der Waals surface area contributed by atoms with Gasteiger partial charge in [-0.1, -0.05) is 19.1 Å². The average Bonchev–Trinajstić information content (AvgIpc) is 2.73. The Hall–Kier alpha value is -2.58. The molecule has 0 heterocycles. The normalized spacial score (nSPS) is 11.3. The quantitative estimate of drug-likeness (QED) is 0.604. The summed E-state index contributed by atoms with van der Waals surface area (Å²) in [5.41, 5.74) is 1.06. The topological polar surface area (TPSA) is 84.9 Å². The lowest BCUT2D eigenvalue weighted by atomic mass is 10.1. The van der Waals surface area contributed by atoms with Crippen LogP contribution < -0.4 is 14.8 Å². The molecule has 0 fully saturated rings. The Balaban J connectivity index is 1.91. The van der Waals surface area contributed by atoms with E-state index in [1.807, 2.05) is 31.2 Å². The smallest absolute Gasteiger partial charge is 0.243 e. The zero-order valence-electron chi connectivity index (χ0n) is 17.1. The van der Waals surface area contributed by atoms with E-state index in [-0.39, 0.29) is 23.9 Å². The van der Waals surface area contributed by atoms with Crippen molar-refractivity contribution in [2.24, 2.45) is 0 Å². The third kappa shape index (κ3) is 6.47. The van der Waals surface area contributed by atoms with Gasteiger partial charge in [-0.05, 0) is 55.3 Å². The van der Waals surface area contributed by atoms with Crippen LogP contribution in [0.5, 0.6) is 11.5 Å². The second-order valence-electron chi connectivity index (χ2n) is 6.28. The zero-order chi connectivity index (χ0) is 21.3. The van der Waals surface area contributed by atoms with Crippen molar-refractivity contribution in [3.05, 3.63) is 54.1 Å². The largest absolute Gasteiger partial charge is 0.497 e. The molecule has 0 radical (unpaired) electrons. The van der Waals surface area contributed by atoms with Crippen LogP contribution in [-0.2, 0) is 21.2 Å². The highest BCUT2D eigenvalue weighted by molar-refractivity contribution is 7.89. The highest BCUT2D eigenvalue weighted by Gasteiger charge is 2.25. The number of benzene rings is 2. The monoisotopic (exact) mass is 420 g/mol. The molecule has 0 saturated heterocycles. The SMILES string of the molecule is CCOc1ccc(S(=O)(=O)N(CC)CC(=O)NCCc2ccc(OC)cc2)cc1. The summed E-state index contributed by atoms with van der Waals surface area (Å²) >= 11 is 0. The van der Waals surface area contributed by atoms with Crippen LogP contribution in [0.1, 0.15) is 19.4 Å². The number of nitrogens with zero attached hydrogens (tertiary/aromatic N) is 1. The minimum Gasteiger partial charge on any atom is -0.497 e. The highest BCUT2D eigenvalue weighted by atomic mass is 32.2. The summed E-state index contributed by atoms with van der Waals surface area (Å²) in [6, 6.07) is 13.8. The van der Waals surface area contributed by atoms with Crippen molar-refractivity contribution < 1.29 is 22.7 Å². The van der Waals surface area contributed by atoms with Gasteiger partial charge >= 0.3 is 0 Å². The molecule has 2 aromatic rings. The van der Waals surface area contributed by atoms with Gasteiger partial charge in [-0.2, -0.15) is 4.31 Å². The molecule has 158 valence electrons. The summed E-state index contributed by atoms with van der Waals surface area (Å²) in [6.07, 6.45) is 0.646. The fourth-order valence-corrected chi connectivity index (χ4v) is 4.15. The van der Waals surface area contributed by atoms with Gasteiger partial charge in [0.15, 0.2) is 0 Å². The predicted molar refractivity (Wildman–Crippen MR) is 112 cm³/mol. The molecule has 0 bridgehead atoms. The van der Waals surface area contributed by atoms with Crippen molar-refractivity contribution in [2.75, 3.05) is 33.4 Å². The number of carbonyl (C=O) groups excluding carboxylic acids is 1. The molecule has 1 N–H and O–H groups in total. The van der Waals surface area contributed by atoms with Gasteiger partial charge in [0.05, 0.1) is 25.2 Å². The number of methoxy groups -OCH3 is 1. The Labute approximate surface area is 172 Å². The molecular weight excluding hydrogens is 392 g/mol. The van der Waals surface area contributed by atoms with Crippen LogP contribution in [0.4, 0.5) is 0 Å². The van der Waals surface area contributed by atoms with E-state index in [0.717, 1.165) is 15.6 Å². The minimum absolute atomic E-state index is 0.133. The molecular formula is C21H28N2O5S. The molecule has 0 saturated carbocycles. The van der Waals surface area contributed by atoms with Gasteiger partial charge in [0, 0.05) is 13.1 Å². The number of hydrogen-bond donors (Lipinski definition) is 1. The molecule has 29 heavy (non-hydrogen) atoms. The number of amides is 1. The van der Waals surface area contributed by atoms with Gasteiger partial charge in [0.2, 0.25) is 15.9 Å². The Morgan fingerprint density at radius 1 is 1.00 bits per heavy atom. The number of rotatable bonds is 11. The van der Waals surface area contributed by atoms with Gasteiger partial charge in [-0.15, -0.1) is 0 Å². The molecule has 2 rings (SSSR count). The Bertz CT molecular complexity index is 880. The average molecular weight is 421 g/mol. The van der Waals surface area contributed by atoms with Gasteiger partial charge in [0.25, 0.3) is 0 Å². The van der Waals surface area contributed by atoms with Crippen LogP contribution in [-0.4, -0.2) is 52.0 Å². The van der Waals surface area contributed by atoms with Crippen molar-refractivity contribution in [3.63, 3.8) is 0 Å². The van der Waals surface area contributed by atoms with E-state index >= 15 is 0 Å². The van der Waals surface area contributed by atoms with E-state index in [1.165, 1.54) is 12.1 Å². The second-order valence-corrected chi connectivity index (χ2v) is 8.22. The summed E-state index contributed by atoms with van der Waals surface area (Å²) in [6.45, 7) is 4.46. The first kappa shape index (κ1) is 22.7. The maximum Gasteiger partial charge on any atom is 0.243 e. The van der Waals surface area contributed by atoms with Crippen LogP contribution in [0.3, 0.4) is 0 Å². The summed E-state index contributed by atoms with van der Waals surface area (Å²) < 4.78 is 37.2. The lowest BCUT2D eigenvalue weighted by Gasteiger charge is -2.20. The van der Waals surface area contributed by atoms with Crippen LogP contribution in [0.25, 0.3) is 0 Å². The molecule has 2 aromatic carbocycles. The van der Waals surface area contributed by atoms with Crippen LogP contribution in [0.2, 0.25) is 0 Å². The predicted octanol–water partition coefficient (Wildman–Crippen LogP) is 2.46. The van der Waals surface area contributed by atoms with Gasteiger partial charge in [-0.3, -0.25) is 4.79 Å². The van der Waals surface area contributed by atoms with Crippen LogP contribution in [0, 0.1) is 0 Å². The van der Waals surface area contributed by atoms with Crippen molar-refractivity contribution >= 4 is 15.9 Å². The molecule has 0 aliphatic heterocycles. The molecule has 8 heteroatoms. The van der Waals surface area contributed by atoms with E-state index in [4.69, 9.17) is 9.47 Å². The Morgan fingerprint density at radius 3 is 2.17 bits per heavy atom. The van der Waals surface area contributed by atoms with Crippen LogP contribution in [0.15, 0.2) is 53.4 Å². The molecule has 0 aliphatic rings. The number of ether oxygens (including phenoxy) is 2.